The molecule has 1 fully saturated rings. The number of carbonyl (C=O) groups is 1. The summed E-state index contributed by atoms with van der Waals surface area (Å²) in [5.74, 6) is 2.95. The second-order valence-electron chi connectivity index (χ2n) is 10.8. The van der Waals surface area contributed by atoms with Crippen LogP contribution in [-0.2, 0) is 0 Å². The highest BCUT2D eigenvalue weighted by Gasteiger charge is 2.50. The third-order valence-electron chi connectivity index (χ3n) is 7.74. The zero-order valence-corrected chi connectivity index (χ0v) is 23.2. The van der Waals surface area contributed by atoms with Crippen molar-refractivity contribution in [1.82, 2.24) is 10.2 Å². The fraction of sp³-hybridized carbons (Fsp3) is 0.400. The van der Waals surface area contributed by atoms with E-state index in [9.17, 15) is 9.18 Å². The van der Waals surface area contributed by atoms with Crippen molar-refractivity contribution in [2.45, 2.75) is 58.2 Å². The van der Waals surface area contributed by atoms with Crippen molar-refractivity contribution in [3.8, 4) is 0 Å². The molecular formula is C30H32ClFN6O. The molecule has 5 rings (SSSR count). The Morgan fingerprint density at radius 3 is 2.56 bits per heavy atom. The van der Waals surface area contributed by atoms with E-state index in [0.29, 0.717) is 23.1 Å². The topological polar surface area (TPSA) is 81.8 Å². The highest BCUT2D eigenvalue weighted by molar-refractivity contribution is 6.31. The number of amides is 1. The number of carbonyl (C=O) groups excluding carboxylic acids is 1. The lowest BCUT2D eigenvalue weighted by Gasteiger charge is -2.48. The number of aliphatic imine (C=N–C) groups is 1. The average Bonchev–Trinajstić information content (AvgIpc) is 3.52. The van der Waals surface area contributed by atoms with Crippen molar-refractivity contribution in [2.75, 3.05) is 6.54 Å². The largest absolute Gasteiger partial charge is 0.346 e. The van der Waals surface area contributed by atoms with Gasteiger partial charge in [-0.2, -0.15) is 0 Å². The molecule has 1 saturated carbocycles. The van der Waals surface area contributed by atoms with Crippen LogP contribution in [0.5, 0.6) is 0 Å². The lowest BCUT2D eigenvalue weighted by Crippen LogP contribution is -2.49. The zero-order chi connectivity index (χ0) is 27.7. The van der Waals surface area contributed by atoms with Crippen LogP contribution < -0.4 is 5.32 Å². The van der Waals surface area contributed by atoms with Gasteiger partial charge in [0.15, 0.2) is 0 Å². The van der Waals surface area contributed by atoms with Gasteiger partial charge >= 0.3 is 0 Å². The molecule has 2 aromatic carbocycles. The maximum absolute atomic E-state index is 14.0. The Hall–Kier alpha value is -3.61. The first-order chi connectivity index (χ1) is 18.7. The second kappa shape index (κ2) is 10.9. The maximum atomic E-state index is 14.0. The van der Waals surface area contributed by atoms with Crippen LogP contribution in [0.1, 0.15) is 74.0 Å². The number of halogens is 2. The summed E-state index contributed by atoms with van der Waals surface area (Å²) in [5, 5.41) is 13.7. The first kappa shape index (κ1) is 27.0. The van der Waals surface area contributed by atoms with Gasteiger partial charge in [-0.25, -0.2) is 4.39 Å². The number of nitrogens with zero attached hydrogens (tertiary/aromatic N) is 5. The van der Waals surface area contributed by atoms with E-state index in [2.05, 4.69) is 58.9 Å². The van der Waals surface area contributed by atoms with Gasteiger partial charge in [0, 0.05) is 17.0 Å². The molecule has 1 amide bonds. The highest BCUT2D eigenvalue weighted by atomic mass is 35.5. The van der Waals surface area contributed by atoms with E-state index in [4.69, 9.17) is 16.6 Å². The minimum Gasteiger partial charge on any atom is -0.346 e. The van der Waals surface area contributed by atoms with Gasteiger partial charge in [-0.05, 0) is 78.6 Å². The predicted octanol–water partition coefficient (Wildman–Crippen LogP) is 7.07. The van der Waals surface area contributed by atoms with Crippen LogP contribution in [0.4, 0.5) is 4.39 Å². The normalized spacial score (nSPS) is 24.7. The van der Waals surface area contributed by atoms with Crippen LogP contribution in [-0.4, -0.2) is 34.6 Å². The van der Waals surface area contributed by atoms with E-state index >= 15 is 0 Å². The van der Waals surface area contributed by atoms with Gasteiger partial charge in [0.25, 0.3) is 5.91 Å². The zero-order valence-electron chi connectivity index (χ0n) is 22.4. The fourth-order valence-electron chi connectivity index (χ4n) is 6.33. The lowest BCUT2D eigenvalue weighted by atomic mass is 9.75. The van der Waals surface area contributed by atoms with Crippen molar-refractivity contribution in [3.63, 3.8) is 0 Å². The number of nitrogens with one attached hydrogen (secondary N) is 1. The van der Waals surface area contributed by atoms with Crippen molar-refractivity contribution in [3.05, 3.63) is 88.0 Å². The molecule has 3 aliphatic rings. The van der Waals surface area contributed by atoms with Crippen LogP contribution >= 0.6 is 11.6 Å². The molecular weight excluding hydrogens is 515 g/mol. The van der Waals surface area contributed by atoms with Crippen molar-refractivity contribution in [2.24, 2.45) is 32.3 Å². The SMILES string of the molecule is C=C1C(c2ccc(F)c(Cl)c2)=NC2(CC(C)CC(C)C2)N1C(CC)c1ccc(C(=O)NCC2=C=NN=N2)cc1. The molecule has 1 aliphatic carbocycles. The number of hydrogen-bond acceptors (Lipinski definition) is 6. The Balaban J connectivity index is 1.45. The van der Waals surface area contributed by atoms with Gasteiger partial charge < -0.3 is 10.2 Å². The van der Waals surface area contributed by atoms with Gasteiger partial charge in [0.05, 0.1) is 29.0 Å². The molecule has 9 heteroatoms. The first-order valence-corrected chi connectivity index (χ1v) is 13.7. The molecule has 202 valence electrons. The lowest BCUT2D eigenvalue weighted by molar-refractivity contribution is 0.0292. The number of benzene rings is 2. The molecule has 3 unspecified atom stereocenters. The smallest absolute Gasteiger partial charge is 0.251 e. The molecule has 39 heavy (non-hydrogen) atoms. The summed E-state index contributed by atoms with van der Waals surface area (Å²) >= 11 is 6.16. The molecule has 0 aromatic heterocycles. The fourth-order valence-corrected chi connectivity index (χ4v) is 6.51. The Morgan fingerprint density at radius 2 is 1.95 bits per heavy atom. The summed E-state index contributed by atoms with van der Waals surface area (Å²) in [4.78, 5) is 20.4. The number of rotatable bonds is 7. The van der Waals surface area contributed by atoms with E-state index in [1.807, 2.05) is 24.3 Å². The Kier molecular flexibility index (Phi) is 7.52. The molecule has 0 radical (unpaired) electrons. The van der Waals surface area contributed by atoms with E-state index in [0.717, 1.165) is 48.2 Å². The molecule has 0 saturated heterocycles. The summed E-state index contributed by atoms with van der Waals surface area (Å²) in [5.41, 5.74) is 4.00. The average molecular weight is 547 g/mol. The standard InChI is InChI=1S/C30H32ClFN6O/c1-5-27(21-6-8-22(9-7-21)29(39)33-16-24-17-34-37-36-24)38-20(4)28(23-10-11-26(32)25(31)13-23)35-30(38)14-18(2)12-19(3)15-30/h6-11,13,18-19,27H,4-5,12,14-16H2,1-3H3,(H,33,39). The van der Waals surface area contributed by atoms with Crippen molar-refractivity contribution < 1.29 is 9.18 Å². The van der Waals surface area contributed by atoms with E-state index in [1.165, 1.54) is 6.07 Å². The summed E-state index contributed by atoms with van der Waals surface area (Å²) in [7, 11) is 0. The molecule has 2 aromatic rings. The summed E-state index contributed by atoms with van der Waals surface area (Å²) < 4.78 is 14.0. The molecule has 0 bridgehead atoms. The van der Waals surface area contributed by atoms with Crippen molar-refractivity contribution in [1.29, 1.82) is 0 Å². The van der Waals surface area contributed by atoms with Crippen LogP contribution in [0.2, 0.25) is 5.02 Å². The summed E-state index contributed by atoms with van der Waals surface area (Å²) in [6.07, 6.45) is 3.78. The Morgan fingerprint density at radius 1 is 1.23 bits per heavy atom. The highest BCUT2D eigenvalue weighted by Crippen LogP contribution is 2.50. The Labute approximate surface area is 233 Å². The third-order valence-corrected chi connectivity index (χ3v) is 8.03. The maximum Gasteiger partial charge on any atom is 0.251 e. The first-order valence-electron chi connectivity index (χ1n) is 13.4. The quantitative estimate of drug-likeness (QED) is 0.403. The van der Waals surface area contributed by atoms with Gasteiger partial charge in [-0.1, -0.05) is 56.2 Å². The monoisotopic (exact) mass is 546 g/mol. The van der Waals surface area contributed by atoms with E-state index in [1.54, 1.807) is 12.1 Å². The van der Waals surface area contributed by atoms with Crippen molar-refractivity contribution >= 4 is 29.1 Å². The molecule has 1 N–H and O–H groups in total. The minimum absolute atomic E-state index is 0.00968. The molecule has 3 atom stereocenters. The van der Waals surface area contributed by atoms with E-state index < -0.39 is 11.5 Å². The van der Waals surface area contributed by atoms with Crippen LogP contribution in [0.3, 0.4) is 0 Å². The van der Waals surface area contributed by atoms with E-state index in [-0.39, 0.29) is 23.5 Å². The predicted molar refractivity (Wildman–Crippen MR) is 151 cm³/mol. The summed E-state index contributed by atoms with van der Waals surface area (Å²) in [6, 6.07) is 12.4. The van der Waals surface area contributed by atoms with Crippen LogP contribution in [0, 0.1) is 17.7 Å². The Bertz CT molecular complexity index is 1420. The third kappa shape index (κ3) is 5.32. The summed E-state index contributed by atoms with van der Waals surface area (Å²) in [6.45, 7) is 11.4. The van der Waals surface area contributed by atoms with Crippen LogP contribution in [0.25, 0.3) is 0 Å². The molecule has 7 nitrogen and oxygen atoms in total. The van der Waals surface area contributed by atoms with Gasteiger partial charge in [-0.3, -0.25) is 9.79 Å². The van der Waals surface area contributed by atoms with Crippen LogP contribution in [0.15, 0.2) is 80.9 Å². The molecule has 1 spiro atoms. The van der Waals surface area contributed by atoms with Gasteiger partial charge in [0.2, 0.25) is 0 Å². The number of hydrogen-bond donors (Lipinski definition) is 1. The minimum atomic E-state index is -0.454. The van der Waals surface area contributed by atoms with Gasteiger partial charge in [-0.15, -0.1) is 5.11 Å². The second-order valence-corrected chi connectivity index (χ2v) is 11.2. The van der Waals surface area contributed by atoms with Gasteiger partial charge in [0.1, 0.15) is 17.2 Å². The number of allylic oxidation sites excluding steroid dienone is 1. The molecule has 2 heterocycles. The molecule has 2 aliphatic heterocycles.